The van der Waals surface area contributed by atoms with Gasteiger partial charge < -0.3 is 14.5 Å². The number of halogens is 1. The van der Waals surface area contributed by atoms with Crippen LogP contribution in [0, 0.1) is 5.92 Å². The molecule has 3 rings (SSSR count). The molecular weight excluding hydrogens is 365 g/mol. The monoisotopic (exact) mass is 379 g/mol. The van der Waals surface area contributed by atoms with Gasteiger partial charge in [0, 0.05) is 6.42 Å². The van der Waals surface area contributed by atoms with Gasteiger partial charge in [0.2, 0.25) is 0 Å². The molecule has 2 N–H and O–H groups in total. The first-order valence-corrected chi connectivity index (χ1v) is 10.0. The molecule has 3 aliphatic rings. The predicted octanol–water partition coefficient (Wildman–Crippen LogP) is 3.35. The molecular formula is C12H15BrNO4PS. The molecule has 0 saturated heterocycles. The third-order valence-corrected chi connectivity index (χ3v) is 5.77. The molecule has 2 aliphatic carbocycles. The third kappa shape index (κ3) is 3.07. The standard InChI is InChI=1S/C12H15BrNO4PS/c13-12-14-10-8-4-2-1-3-7(8)5-9(11(10)20-12)18-6-19(15,16)17/h4,7,12H,1-3,5-6H2,(H2,15,16,17). The molecule has 1 heterocycles. The fraction of sp³-hybridized carbons (Fsp3) is 0.583. The molecule has 0 radical (unpaired) electrons. The molecule has 0 aromatic rings. The second-order valence-electron chi connectivity index (χ2n) is 5.07. The number of rotatable bonds is 3. The summed E-state index contributed by atoms with van der Waals surface area (Å²) in [5.74, 6) is 1.06. The van der Waals surface area contributed by atoms with E-state index >= 15 is 0 Å². The number of nitrogens with zero attached hydrogens (tertiary/aromatic N) is 1. The van der Waals surface area contributed by atoms with Crippen molar-refractivity contribution in [1.29, 1.82) is 0 Å². The van der Waals surface area contributed by atoms with E-state index in [1.807, 2.05) is 0 Å². The van der Waals surface area contributed by atoms with Gasteiger partial charge in [0.05, 0.1) is 10.6 Å². The highest BCUT2D eigenvalue weighted by Crippen LogP contribution is 2.49. The summed E-state index contributed by atoms with van der Waals surface area (Å²) in [7, 11) is -4.15. The zero-order chi connectivity index (χ0) is 14.3. The highest BCUT2D eigenvalue weighted by Gasteiger charge is 2.37. The highest BCUT2D eigenvalue weighted by molar-refractivity contribution is 9.11. The van der Waals surface area contributed by atoms with E-state index in [2.05, 4.69) is 27.0 Å². The van der Waals surface area contributed by atoms with Gasteiger partial charge in [0.25, 0.3) is 0 Å². The Bertz CT molecular complexity index is 568. The van der Waals surface area contributed by atoms with Crippen molar-refractivity contribution in [3.8, 4) is 0 Å². The van der Waals surface area contributed by atoms with E-state index in [-0.39, 0.29) is 4.28 Å². The number of fused-ring (bicyclic) bond motifs is 3. The van der Waals surface area contributed by atoms with Crippen molar-refractivity contribution in [3.05, 3.63) is 22.3 Å². The molecule has 110 valence electrons. The maximum atomic E-state index is 11.0. The molecule has 0 spiro atoms. The van der Waals surface area contributed by atoms with Gasteiger partial charge in [-0.25, -0.2) is 0 Å². The van der Waals surface area contributed by atoms with E-state index in [1.165, 1.54) is 17.3 Å². The Hall–Kier alpha value is -0.0700. The van der Waals surface area contributed by atoms with E-state index in [4.69, 9.17) is 14.5 Å². The molecule has 0 aromatic carbocycles. The second kappa shape index (κ2) is 5.61. The zero-order valence-corrected chi connectivity index (χ0v) is 14.0. The maximum Gasteiger partial charge on any atom is 0.362 e. The number of ether oxygens (including phenoxy) is 1. The van der Waals surface area contributed by atoms with Crippen LogP contribution in [0.5, 0.6) is 0 Å². The summed E-state index contributed by atoms with van der Waals surface area (Å²) in [4.78, 5) is 23.5. The molecule has 0 amide bonds. The fourth-order valence-electron chi connectivity index (χ4n) is 2.79. The van der Waals surface area contributed by atoms with Gasteiger partial charge in [-0.15, -0.1) is 0 Å². The Morgan fingerprint density at radius 1 is 1.55 bits per heavy atom. The molecule has 2 unspecified atom stereocenters. The summed E-state index contributed by atoms with van der Waals surface area (Å²) in [6, 6.07) is 0. The lowest BCUT2D eigenvalue weighted by Gasteiger charge is -2.31. The quantitative estimate of drug-likeness (QED) is 0.446. The van der Waals surface area contributed by atoms with Crippen LogP contribution in [0.15, 0.2) is 27.3 Å². The lowest BCUT2D eigenvalue weighted by Crippen LogP contribution is -2.23. The topological polar surface area (TPSA) is 79.1 Å². The molecule has 1 aliphatic heterocycles. The molecule has 20 heavy (non-hydrogen) atoms. The average Bonchev–Trinajstić information content (AvgIpc) is 2.77. The van der Waals surface area contributed by atoms with Crippen LogP contribution < -0.4 is 0 Å². The van der Waals surface area contributed by atoms with Crippen molar-refractivity contribution in [2.45, 2.75) is 30.0 Å². The first-order chi connectivity index (χ1) is 9.44. The van der Waals surface area contributed by atoms with Gasteiger partial charge in [0.1, 0.15) is 5.76 Å². The Kier molecular flexibility index (Phi) is 4.17. The third-order valence-electron chi connectivity index (χ3n) is 3.59. The lowest BCUT2D eigenvalue weighted by atomic mass is 9.79. The lowest BCUT2D eigenvalue weighted by molar-refractivity contribution is 0.209. The van der Waals surface area contributed by atoms with Crippen LogP contribution in [0.25, 0.3) is 0 Å². The van der Waals surface area contributed by atoms with Gasteiger partial charge in [0.15, 0.2) is 10.6 Å². The molecule has 0 saturated carbocycles. The van der Waals surface area contributed by atoms with Crippen molar-refractivity contribution in [2.75, 3.05) is 6.35 Å². The predicted molar refractivity (Wildman–Crippen MR) is 82.8 cm³/mol. The van der Waals surface area contributed by atoms with Crippen molar-refractivity contribution in [3.63, 3.8) is 0 Å². The minimum atomic E-state index is -4.15. The Morgan fingerprint density at radius 2 is 2.35 bits per heavy atom. The minimum absolute atomic E-state index is 0.0391. The number of allylic oxidation sites excluding steroid dienone is 4. The zero-order valence-electron chi connectivity index (χ0n) is 10.7. The largest absolute Gasteiger partial charge is 0.484 e. The molecule has 8 heteroatoms. The molecule has 5 nitrogen and oxygen atoms in total. The summed E-state index contributed by atoms with van der Waals surface area (Å²) >= 11 is 5.01. The first kappa shape index (κ1) is 14.9. The van der Waals surface area contributed by atoms with Crippen LogP contribution >= 0.6 is 35.3 Å². The van der Waals surface area contributed by atoms with E-state index < -0.39 is 13.9 Å². The van der Waals surface area contributed by atoms with Gasteiger partial charge >= 0.3 is 7.60 Å². The van der Waals surface area contributed by atoms with Crippen LogP contribution in [-0.2, 0) is 9.30 Å². The van der Waals surface area contributed by atoms with Crippen molar-refractivity contribution < 1.29 is 19.1 Å². The Morgan fingerprint density at radius 3 is 3.10 bits per heavy atom. The number of aliphatic imine (C=N–C) groups is 1. The molecule has 0 bridgehead atoms. The summed E-state index contributed by atoms with van der Waals surface area (Å²) in [6.45, 7) is 0. The number of alkyl halides is 1. The fourth-order valence-corrected chi connectivity index (χ4v) is 4.79. The summed E-state index contributed by atoms with van der Waals surface area (Å²) < 4.78 is 16.4. The number of hydrogen-bond donors (Lipinski definition) is 2. The summed E-state index contributed by atoms with van der Waals surface area (Å²) in [5, 5.41) is 0. The molecule has 2 atom stereocenters. The smallest absolute Gasteiger partial charge is 0.362 e. The van der Waals surface area contributed by atoms with E-state index in [9.17, 15) is 4.57 Å². The van der Waals surface area contributed by atoms with E-state index in [0.717, 1.165) is 29.9 Å². The average molecular weight is 380 g/mol. The van der Waals surface area contributed by atoms with Gasteiger partial charge in [-0.3, -0.25) is 9.56 Å². The van der Waals surface area contributed by atoms with Crippen molar-refractivity contribution >= 4 is 41.0 Å². The Balaban J connectivity index is 1.91. The van der Waals surface area contributed by atoms with E-state index in [1.54, 1.807) is 0 Å². The van der Waals surface area contributed by atoms with Crippen molar-refractivity contribution in [2.24, 2.45) is 10.9 Å². The normalized spacial score (nSPS) is 29.6. The van der Waals surface area contributed by atoms with Gasteiger partial charge in [-0.05, 0) is 30.8 Å². The minimum Gasteiger partial charge on any atom is -0.484 e. The number of thioether (sulfide) groups is 1. The maximum absolute atomic E-state index is 11.0. The van der Waals surface area contributed by atoms with Crippen LogP contribution in [0.4, 0.5) is 0 Å². The summed E-state index contributed by atoms with van der Waals surface area (Å²) in [6.07, 6.45) is 5.71. The summed E-state index contributed by atoms with van der Waals surface area (Å²) in [5.41, 5.74) is 2.23. The Labute approximate surface area is 129 Å². The SMILES string of the molecule is O=P(O)(O)COC1=C2SC(Br)N=C2C2=CCCCC2C1. The van der Waals surface area contributed by atoms with Crippen LogP contribution in [0.2, 0.25) is 0 Å². The van der Waals surface area contributed by atoms with E-state index in [0.29, 0.717) is 18.1 Å². The molecule has 0 fully saturated rings. The van der Waals surface area contributed by atoms with Gasteiger partial charge in [-0.1, -0.05) is 33.8 Å². The van der Waals surface area contributed by atoms with Crippen molar-refractivity contribution in [1.82, 2.24) is 0 Å². The molecule has 0 aromatic heterocycles. The highest BCUT2D eigenvalue weighted by atomic mass is 79.9. The number of hydrogen-bond acceptors (Lipinski definition) is 4. The van der Waals surface area contributed by atoms with Crippen LogP contribution in [-0.4, -0.2) is 26.1 Å². The second-order valence-corrected chi connectivity index (χ2v) is 9.22. The van der Waals surface area contributed by atoms with Crippen LogP contribution in [0.3, 0.4) is 0 Å². The van der Waals surface area contributed by atoms with Crippen LogP contribution in [0.1, 0.15) is 25.7 Å². The van der Waals surface area contributed by atoms with Gasteiger partial charge in [-0.2, -0.15) is 0 Å². The first-order valence-electron chi connectivity index (χ1n) is 6.44.